The van der Waals surface area contributed by atoms with Crippen LogP contribution in [0.15, 0.2) is 65.7 Å². The zero-order chi connectivity index (χ0) is 36.2. The van der Waals surface area contributed by atoms with Gasteiger partial charge in [0.1, 0.15) is 18.1 Å². The third kappa shape index (κ3) is 10.9. The van der Waals surface area contributed by atoms with Gasteiger partial charge in [-0.05, 0) is 24.0 Å². The van der Waals surface area contributed by atoms with E-state index in [0.717, 1.165) is 0 Å². The van der Waals surface area contributed by atoms with Crippen LogP contribution in [0, 0.1) is 0 Å². The van der Waals surface area contributed by atoms with Crippen molar-refractivity contribution in [3.8, 4) is 0 Å². The molecule has 0 radical (unpaired) electrons. The number of rotatable bonds is 10. The van der Waals surface area contributed by atoms with Crippen LogP contribution in [0.2, 0.25) is 0 Å². The van der Waals surface area contributed by atoms with E-state index >= 15 is 13.2 Å². The van der Waals surface area contributed by atoms with E-state index in [1.54, 1.807) is 18.2 Å². The molecule has 0 spiro atoms. The van der Waals surface area contributed by atoms with Gasteiger partial charge >= 0.3 is 12.1 Å². The maximum atomic E-state index is 15.3. The third-order valence-electron chi connectivity index (χ3n) is 7.46. The van der Waals surface area contributed by atoms with Gasteiger partial charge in [-0.3, -0.25) is 33.8 Å². The molecule has 3 rings (SSSR count). The first-order chi connectivity index (χ1) is 23.1. The first kappa shape index (κ1) is 37.8. The number of alkyl halides is 3. The fourth-order valence-corrected chi connectivity index (χ4v) is 4.99. The second-order valence-electron chi connectivity index (χ2n) is 11.2. The van der Waals surface area contributed by atoms with E-state index in [4.69, 9.17) is 11.5 Å². The number of aliphatic imine (C=N–C) groups is 1. The summed E-state index contributed by atoms with van der Waals surface area (Å²) in [6, 6.07) is 9.56. The Hall–Kier alpha value is -5.68. The molecule has 1 aliphatic heterocycles. The maximum absolute atomic E-state index is 15.3. The average molecular weight is 691 g/mol. The number of aliphatic carboxylic acids is 1. The van der Waals surface area contributed by atoms with Gasteiger partial charge in [0.25, 0.3) is 5.91 Å². The SMILES string of the molecule is NC(N)=NCCC[C@@H]1NC(=O)[C@](Cc2ccccc2)(C(F)(F)F)NC(=O)[C@@H](Cc2ccccc2)NC(=O)[C@H](CC(=O)O)NC(=O)CNC1=O. The van der Waals surface area contributed by atoms with E-state index < -0.39 is 84.7 Å². The van der Waals surface area contributed by atoms with E-state index in [-0.39, 0.29) is 37.3 Å². The zero-order valence-electron chi connectivity index (χ0n) is 26.1. The molecule has 1 saturated heterocycles. The Morgan fingerprint density at radius 2 is 1.45 bits per heavy atom. The second-order valence-corrected chi connectivity index (χ2v) is 11.2. The molecule has 0 saturated carbocycles. The number of nitrogens with one attached hydrogen (secondary N) is 5. The molecule has 49 heavy (non-hydrogen) atoms. The van der Waals surface area contributed by atoms with Crippen molar-refractivity contribution in [2.45, 2.75) is 61.9 Å². The summed E-state index contributed by atoms with van der Waals surface area (Å²) in [6.45, 7) is -0.916. The van der Waals surface area contributed by atoms with Crippen LogP contribution in [0.5, 0.6) is 0 Å². The van der Waals surface area contributed by atoms with Crippen molar-refractivity contribution >= 4 is 41.5 Å². The van der Waals surface area contributed by atoms with Crippen LogP contribution in [0.1, 0.15) is 30.4 Å². The molecule has 4 atom stereocenters. The van der Waals surface area contributed by atoms with Gasteiger partial charge in [-0.1, -0.05) is 60.7 Å². The van der Waals surface area contributed by atoms with E-state index in [2.05, 4.69) is 26.3 Å². The van der Waals surface area contributed by atoms with E-state index in [1.165, 1.54) is 42.5 Å². The Morgan fingerprint density at radius 3 is 2.02 bits per heavy atom. The Labute approximate surface area is 278 Å². The lowest BCUT2D eigenvalue weighted by atomic mass is 9.87. The number of benzene rings is 2. The van der Waals surface area contributed by atoms with Gasteiger partial charge in [0.05, 0.1) is 13.0 Å². The highest BCUT2D eigenvalue weighted by molar-refractivity contribution is 6.00. The molecule has 264 valence electrons. The van der Waals surface area contributed by atoms with Gasteiger partial charge in [-0.15, -0.1) is 0 Å². The molecule has 18 heteroatoms. The van der Waals surface area contributed by atoms with Crippen LogP contribution in [-0.2, 0) is 41.6 Å². The van der Waals surface area contributed by atoms with E-state index in [1.807, 2.05) is 5.32 Å². The van der Waals surface area contributed by atoms with Gasteiger partial charge in [0, 0.05) is 19.4 Å². The summed E-state index contributed by atoms with van der Waals surface area (Å²) in [5.74, 6) is -8.41. The number of carboxylic acids is 1. The average Bonchev–Trinajstić information content (AvgIpc) is 3.03. The van der Waals surface area contributed by atoms with Crippen molar-refractivity contribution < 1.29 is 47.0 Å². The molecule has 0 unspecified atom stereocenters. The highest BCUT2D eigenvalue weighted by Crippen LogP contribution is 2.34. The molecule has 0 bridgehead atoms. The normalized spacial score (nSPS) is 22.6. The third-order valence-corrected chi connectivity index (χ3v) is 7.46. The summed E-state index contributed by atoms with van der Waals surface area (Å²) < 4.78 is 46.0. The van der Waals surface area contributed by atoms with Crippen LogP contribution in [0.3, 0.4) is 0 Å². The van der Waals surface area contributed by atoms with Gasteiger partial charge in [0.2, 0.25) is 29.2 Å². The maximum Gasteiger partial charge on any atom is 0.420 e. The standard InChI is InChI=1S/C31H37F3N8O7/c32-31(33,34)30(16-19-10-5-2-6-11-19)28(49)41-20(12-7-13-37-29(35)36)25(46)38-17-23(43)39-22(15-24(44)45)26(47)40-21(27(48)42-30)14-18-8-3-1-4-9-18/h1-6,8-11,20-22H,7,12-17H2,(H,38,46)(H,39,43)(H,40,47)(H,41,49)(H,42,48)(H,44,45)(H4,35,36,37)/t20-,21+,22-,30+/m0/s1. The highest BCUT2D eigenvalue weighted by Gasteiger charge is 2.62. The van der Waals surface area contributed by atoms with Gasteiger partial charge in [-0.25, -0.2) is 0 Å². The molecule has 1 aliphatic rings. The molecule has 0 aliphatic carbocycles. The van der Waals surface area contributed by atoms with Crippen LogP contribution < -0.4 is 38.1 Å². The topological polar surface area (TPSA) is 247 Å². The lowest BCUT2D eigenvalue weighted by molar-refractivity contribution is -0.202. The monoisotopic (exact) mass is 690 g/mol. The molecule has 10 N–H and O–H groups in total. The minimum atomic E-state index is -5.49. The van der Waals surface area contributed by atoms with E-state index in [9.17, 15) is 33.9 Å². The fraction of sp³-hybridized carbons (Fsp3) is 0.387. The van der Waals surface area contributed by atoms with Crippen LogP contribution in [0.4, 0.5) is 13.2 Å². The molecule has 5 amide bonds. The largest absolute Gasteiger partial charge is 0.481 e. The highest BCUT2D eigenvalue weighted by atomic mass is 19.4. The van der Waals surface area contributed by atoms with Crippen molar-refractivity contribution in [3.63, 3.8) is 0 Å². The molecular formula is C31H37F3N8O7. The van der Waals surface area contributed by atoms with Crippen molar-refractivity contribution in [1.82, 2.24) is 26.6 Å². The smallest absolute Gasteiger partial charge is 0.420 e. The van der Waals surface area contributed by atoms with Crippen molar-refractivity contribution in [2.24, 2.45) is 16.5 Å². The molecule has 2 aromatic carbocycles. The summed E-state index contributed by atoms with van der Waals surface area (Å²) in [6.07, 6.45) is -8.28. The molecule has 1 fully saturated rings. The quantitative estimate of drug-likeness (QED) is 0.0864. The number of carboxylic acid groups (broad SMARTS) is 1. The summed E-state index contributed by atoms with van der Waals surface area (Å²) in [5, 5.41) is 19.9. The molecule has 2 aromatic rings. The summed E-state index contributed by atoms with van der Waals surface area (Å²) in [4.78, 5) is 82.4. The lowest BCUT2D eigenvalue weighted by Crippen LogP contribution is -2.71. The van der Waals surface area contributed by atoms with Gasteiger partial charge in [-0.2, -0.15) is 13.2 Å². The molecule has 15 nitrogen and oxygen atoms in total. The Bertz CT molecular complexity index is 1540. The van der Waals surface area contributed by atoms with Crippen molar-refractivity contribution in [3.05, 3.63) is 71.8 Å². The summed E-state index contributed by atoms with van der Waals surface area (Å²) in [5.41, 5.74) is 7.31. The molecular weight excluding hydrogens is 653 g/mol. The fourth-order valence-electron chi connectivity index (χ4n) is 4.99. The van der Waals surface area contributed by atoms with Crippen LogP contribution >= 0.6 is 0 Å². The minimum Gasteiger partial charge on any atom is -0.481 e. The number of halogens is 3. The number of guanidine groups is 1. The zero-order valence-corrected chi connectivity index (χ0v) is 26.1. The Kier molecular flexibility index (Phi) is 13.1. The van der Waals surface area contributed by atoms with Gasteiger partial charge in [0.15, 0.2) is 5.96 Å². The minimum absolute atomic E-state index is 0.00914. The van der Waals surface area contributed by atoms with Crippen molar-refractivity contribution in [2.75, 3.05) is 13.1 Å². The Balaban J connectivity index is 2.17. The predicted octanol–water partition coefficient (Wildman–Crippen LogP) is -0.998. The number of nitrogens with zero attached hydrogens (tertiary/aromatic N) is 1. The summed E-state index contributed by atoms with van der Waals surface area (Å²) >= 11 is 0. The second kappa shape index (κ2) is 16.9. The number of carbonyl (C=O) groups is 6. The van der Waals surface area contributed by atoms with Crippen LogP contribution in [0.25, 0.3) is 0 Å². The first-order valence-corrected chi connectivity index (χ1v) is 15.0. The number of carbonyl (C=O) groups excluding carboxylic acids is 5. The number of hydrogen-bond acceptors (Lipinski definition) is 7. The number of nitrogens with two attached hydrogens (primary N) is 2. The van der Waals surface area contributed by atoms with Crippen LogP contribution in [-0.4, -0.2) is 89.5 Å². The Morgan fingerprint density at radius 1 is 0.837 bits per heavy atom. The first-order valence-electron chi connectivity index (χ1n) is 15.0. The number of amides is 5. The molecule has 0 aromatic heterocycles. The number of hydrogen-bond donors (Lipinski definition) is 8. The van der Waals surface area contributed by atoms with Crippen molar-refractivity contribution in [1.29, 1.82) is 0 Å². The van der Waals surface area contributed by atoms with E-state index in [0.29, 0.717) is 5.56 Å². The van der Waals surface area contributed by atoms with Gasteiger partial charge < -0.3 is 43.2 Å². The molecule has 1 heterocycles. The predicted molar refractivity (Wildman–Crippen MR) is 168 cm³/mol. The lowest BCUT2D eigenvalue weighted by Gasteiger charge is -2.37. The summed E-state index contributed by atoms with van der Waals surface area (Å²) in [7, 11) is 0.